The quantitative estimate of drug-likeness (QED) is 0.888. The number of carbonyl (C=O) groups excluding carboxylic acids is 1. The van der Waals surface area contributed by atoms with Crippen LogP contribution < -0.4 is 0 Å². The summed E-state index contributed by atoms with van der Waals surface area (Å²) in [7, 11) is 1.89. The fraction of sp³-hybridized carbons (Fsp3) is 0.812. The van der Waals surface area contributed by atoms with Crippen molar-refractivity contribution in [3.8, 4) is 0 Å². The first-order valence-corrected chi connectivity index (χ1v) is 8.53. The highest BCUT2D eigenvalue weighted by molar-refractivity contribution is 5.76. The maximum Gasteiger partial charge on any atom is 0.222 e. The van der Waals surface area contributed by atoms with Crippen LogP contribution in [0, 0.1) is 5.92 Å². The van der Waals surface area contributed by atoms with Crippen molar-refractivity contribution in [2.24, 2.45) is 13.0 Å². The van der Waals surface area contributed by atoms with Gasteiger partial charge in [-0.05, 0) is 31.6 Å². The van der Waals surface area contributed by atoms with E-state index in [0.29, 0.717) is 24.1 Å². The molecule has 0 aliphatic carbocycles. The van der Waals surface area contributed by atoms with Crippen molar-refractivity contribution in [2.45, 2.75) is 44.6 Å². The van der Waals surface area contributed by atoms with Gasteiger partial charge in [0.05, 0.1) is 0 Å². The highest BCUT2D eigenvalue weighted by atomic mass is 16.5. The van der Waals surface area contributed by atoms with Crippen molar-refractivity contribution in [3.05, 3.63) is 11.6 Å². The molecular weight excluding hydrogens is 296 g/mol. The number of nitrogens with zero attached hydrogens (tertiary/aromatic N) is 4. The number of likely N-dealkylation sites (tertiary alicyclic amines) is 1. The van der Waals surface area contributed by atoms with Crippen LogP contribution in [0.3, 0.4) is 0 Å². The molecule has 7 heteroatoms. The summed E-state index contributed by atoms with van der Waals surface area (Å²) in [6.07, 6.45) is 4.60. The molecule has 0 radical (unpaired) electrons. The minimum Gasteiger partial charge on any atom is -0.388 e. The topological polar surface area (TPSA) is 80.5 Å². The van der Waals surface area contributed by atoms with Crippen molar-refractivity contribution < 1.29 is 14.6 Å². The molecule has 2 fully saturated rings. The lowest BCUT2D eigenvalue weighted by molar-refractivity contribution is -0.134. The van der Waals surface area contributed by atoms with Crippen molar-refractivity contribution in [1.82, 2.24) is 19.7 Å². The highest BCUT2D eigenvalue weighted by Crippen LogP contribution is 2.28. The molecule has 1 N–H and O–H groups in total. The fourth-order valence-electron chi connectivity index (χ4n) is 3.60. The van der Waals surface area contributed by atoms with Crippen LogP contribution in [0.5, 0.6) is 0 Å². The number of aromatic nitrogens is 3. The van der Waals surface area contributed by atoms with E-state index in [9.17, 15) is 9.90 Å². The smallest absolute Gasteiger partial charge is 0.222 e. The molecule has 1 amide bonds. The number of carbonyl (C=O) groups is 1. The Morgan fingerprint density at radius 2 is 2.09 bits per heavy atom. The standard InChI is InChI=1S/C16H26N4O3/c1-19-14(10-21)17-18-16(19)13-4-6-20(7-5-13)15(22)9-12-3-2-8-23-11-12/h12-13,21H,2-11H2,1H3/t12-/m0/s1. The van der Waals surface area contributed by atoms with Crippen LogP contribution in [-0.4, -0.2) is 57.0 Å². The van der Waals surface area contributed by atoms with Gasteiger partial charge in [0.25, 0.3) is 0 Å². The van der Waals surface area contributed by atoms with Crippen LogP contribution in [0.2, 0.25) is 0 Å². The number of piperidine rings is 1. The van der Waals surface area contributed by atoms with Gasteiger partial charge in [0.15, 0.2) is 5.82 Å². The lowest BCUT2D eigenvalue weighted by atomic mass is 9.94. The van der Waals surface area contributed by atoms with E-state index in [2.05, 4.69) is 10.2 Å². The summed E-state index contributed by atoms with van der Waals surface area (Å²) in [4.78, 5) is 14.4. The number of amides is 1. The average Bonchev–Trinajstić information content (AvgIpc) is 2.96. The first-order chi connectivity index (χ1) is 11.2. The summed E-state index contributed by atoms with van der Waals surface area (Å²) >= 11 is 0. The van der Waals surface area contributed by atoms with Gasteiger partial charge in [-0.15, -0.1) is 10.2 Å². The van der Waals surface area contributed by atoms with Gasteiger partial charge in [-0.3, -0.25) is 4.79 Å². The molecule has 2 saturated heterocycles. The minimum atomic E-state index is -0.0930. The third-order valence-electron chi connectivity index (χ3n) is 5.07. The number of hydrogen-bond acceptors (Lipinski definition) is 5. The number of hydrogen-bond donors (Lipinski definition) is 1. The molecule has 0 unspecified atom stereocenters. The molecule has 0 bridgehead atoms. The van der Waals surface area contributed by atoms with Gasteiger partial charge in [0, 0.05) is 45.7 Å². The van der Waals surface area contributed by atoms with Gasteiger partial charge in [-0.1, -0.05) is 0 Å². The van der Waals surface area contributed by atoms with E-state index in [0.717, 1.165) is 57.8 Å². The SMILES string of the molecule is Cn1c(CO)nnc1C1CCN(C(=O)C[C@@H]2CCCOC2)CC1. The number of aliphatic hydroxyl groups excluding tert-OH is 1. The molecule has 2 aliphatic heterocycles. The summed E-state index contributed by atoms with van der Waals surface area (Å²) in [5, 5.41) is 17.4. The molecule has 0 aromatic carbocycles. The molecule has 1 aromatic rings. The molecule has 3 heterocycles. The summed E-state index contributed by atoms with van der Waals surface area (Å²) < 4.78 is 7.34. The molecular formula is C16H26N4O3. The Kier molecular flexibility index (Phi) is 5.27. The Bertz CT molecular complexity index is 531. The normalized spacial score (nSPS) is 23.2. The molecule has 128 valence electrons. The second-order valence-corrected chi connectivity index (χ2v) is 6.63. The van der Waals surface area contributed by atoms with Gasteiger partial charge >= 0.3 is 0 Å². The second kappa shape index (κ2) is 7.40. The Morgan fingerprint density at radius 3 is 2.70 bits per heavy atom. The molecule has 1 atom stereocenters. The Labute approximate surface area is 136 Å². The van der Waals surface area contributed by atoms with E-state index in [1.54, 1.807) is 0 Å². The zero-order valence-electron chi connectivity index (χ0n) is 13.8. The van der Waals surface area contributed by atoms with Gasteiger partial charge in [-0.25, -0.2) is 0 Å². The van der Waals surface area contributed by atoms with Gasteiger partial charge in [-0.2, -0.15) is 0 Å². The second-order valence-electron chi connectivity index (χ2n) is 6.63. The minimum absolute atomic E-state index is 0.0930. The lowest BCUT2D eigenvalue weighted by Crippen LogP contribution is -2.39. The molecule has 7 nitrogen and oxygen atoms in total. The van der Waals surface area contributed by atoms with E-state index in [1.807, 2.05) is 16.5 Å². The average molecular weight is 322 g/mol. The zero-order valence-corrected chi connectivity index (χ0v) is 13.8. The highest BCUT2D eigenvalue weighted by Gasteiger charge is 2.28. The Hall–Kier alpha value is -1.47. The molecule has 23 heavy (non-hydrogen) atoms. The summed E-state index contributed by atoms with van der Waals surface area (Å²) in [5.74, 6) is 2.47. The predicted molar refractivity (Wildman–Crippen MR) is 83.6 cm³/mol. The van der Waals surface area contributed by atoms with Crippen LogP contribution in [0.1, 0.15) is 49.7 Å². The van der Waals surface area contributed by atoms with Crippen LogP contribution in [0.25, 0.3) is 0 Å². The van der Waals surface area contributed by atoms with Crippen LogP contribution >= 0.6 is 0 Å². The van der Waals surface area contributed by atoms with E-state index in [1.165, 1.54) is 0 Å². The maximum atomic E-state index is 12.4. The maximum absolute atomic E-state index is 12.4. The lowest BCUT2D eigenvalue weighted by Gasteiger charge is -2.33. The molecule has 0 saturated carbocycles. The molecule has 3 rings (SSSR count). The van der Waals surface area contributed by atoms with E-state index in [4.69, 9.17) is 4.74 Å². The first kappa shape index (κ1) is 16.4. The van der Waals surface area contributed by atoms with Crippen LogP contribution in [0.15, 0.2) is 0 Å². The van der Waals surface area contributed by atoms with Crippen LogP contribution in [-0.2, 0) is 23.2 Å². The summed E-state index contributed by atoms with van der Waals surface area (Å²) in [6.45, 7) is 3.02. The molecule has 2 aliphatic rings. The van der Waals surface area contributed by atoms with E-state index >= 15 is 0 Å². The Morgan fingerprint density at radius 1 is 1.30 bits per heavy atom. The summed E-state index contributed by atoms with van der Waals surface area (Å²) in [6, 6.07) is 0. The van der Waals surface area contributed by atoms with Crippen molar-refractivity contribution in [3.63, 3.8) is 0 Å². The molecule has 1 aromatic heterocycles. The van der Waals surface area contributed by atoms with E-state index < -0.39 is 0 Å². The fourth-order valence-corrected chi connectivity index (χ4v) is 3.60. The monoisotopic (exact) mass is 322 g/mol. The predicted octanol–water partition coefficient (Wildman–Crippen LogP) is 0.830. The van der Waals surface area contributed by atoms with Crippen molar-refractivity contribution in [2.75, 3.05) is 26.3 Å². The van der Waals surface area contributed by atoms with Gasteiger partial charge in [0.1, 0.15) is 12.4 Å². The largest absolute Gasteiger partial charge is 0.388 e. The van der Waals surface area contributed by atoms with Crippen LogP contribution in [0.4, 0.5) is 0 Å². The van der Waals surface area contributed by atoms with Gasteiger partial charge < -0.3 is 19.3 Å². The molecule has 0 spiro atoms. The van der Waals surface area contributed by atoms with Crippen molar-refractivity contribution >= 4 is 5.91 Å². The third kappa shape index (κ3) is 3.72. The summed E-state index contributed by atoms with van der Waals surface area (Å²) in [5.41, 5.74) is 0. The zero-order chi connectivity index (χ0) is 16.2. The van der Waals surface area contributed by atoms with Crippen molar-refractivity contribution in [1.29, 1.82) is 0 Å². The Balaban J connectivity index is 1.51. The third-order valence-corrected chi connectivity index (χ3v) is 5.07. The first-order valence-electron chi connectivity index (χ1n) is 8.53. The number of rotatable bonds is 4. The number of aliphatic hydroxyl groups is 1. The van der Waals surface area contributed by atoms with E-state index in [-0.39, 0.29) is 12.5 Å². The van der Waals surface area contributed by atoms with Gasteiger partial charge in [0.2, 0.25) is 5.91 Å². The number of ether oxygens (including phenoxy) is 1.